The van der Waals surface area contributed by atoms with Crippen LogP contribution >= 0.6 is 0 Å². The summed E-state index contributed by atoms with van der Waals surface area (Å²) in [5.41, 5.74) is 0. The zero-order valence-electron chi connectivity index (χ0n) is 12.2. The average molecular weight is 262 g/mol. The van der Waals surface area contributed by atoms with Crippen LogP contribution in [0.5, 0.6) is 0 Å². The second kappa shape index (κ2) is 5.68. The highest BCUT2D eigenvalue weighted by molar-refractivity contribution is 5.01. The van der Waals surface area contributed by atoms with E-state index in [0.717, 1.165) is 18.2 Å². The van der Waals surface area contributed by atoms with Crippen LogP contribution in [0.1, 0.15) is 38.9 Å². The van der Waals surface area contributed by atoms with Crippen LogP contribution in [0, 0.1) is 0 Å². The summed E-state index contributed by atoms with van der Waals surface area (Å²) in [4.78, 5) is 5.40. The predicted molar refractivity (Wildman–Crippen MR) is 77.3 cm³/mol. The standard InChI is InChI=1S/C16H26N2O/c1-13(10-16-7-5-9-19-16)18-12-15-6-3-4-8-17(15)11-14(18)2/h5,7,9,13-15H,3-4,6,8,10-12H2,1-2H3. The van der Waals surface area contributed by atoms with Gasteiger partial charge in [-0.15, -0.1) is 0 Å². The van der Waals surface area contributed by atoms with Gasteiger partial charge < -0.3 is 4.42 Å². The van der Waals surface area contributed by atoms with Gasteiger partial charge >= 0.3 is 0 Å². The van der Waals surface area contributed by atoms with Gasteiger partial charge in [0.05, 0.1) is 6.26 Å². The second-order valence-corrected chi connectivity index (χ2v) is 6.32. The summed E-state index contributed by atoms with van der Waals surface area (Å²) in [6.07, 6.45) is 7.01. The van der Waals surface area contributed by atoms with E-state index >= 15 is 0 Å². The van der Waals surface area contributed by atoms with Crippen molar-refractivity contribution in [2.24, 2.45) is 0 Å². The van der Waals surface area contributed by atoms with Crippen LogP contribution in [0.3, 0.4) is 0 Å². The zero-order chi connectivity index (χ0) is 13.2. The Morgan fingerprint density at radius 3 is 3.05 bits per heavy atom. The van der Waals surface area contributed by atoms with E-state index in [1.54, 1.807) is 6.26 Å². The van der Waals surface area contributed by atoms with Crippen molar-refractivity contribution in [2.45, 2.75) is 57.7 Å². The van der Waals surface area contributed by atoms with E-state index in [1.807, 2.05) is 6.07 Å². The quantitative estimate of drug-likeness (QED) is 0.835. The number of fused-ring (bicyclic) bond motifs is 1. The number of piperidine rings is 1. The smallest absolute Gasteiger partial charge is 0.105 e. The molecule has 2 aliphatic heterocycles. The Bertz CT molecular complexity index is 389. The van der Waals surface area contributed by atoms with E-state index in [9.17, 15) is 0 Å². The molecule has 0 saturated carbocycles. The van der Waals surface area contributed by atoms with Crippen LogP contribution in [0.15, 0.2) is 22.8 Å². The van der Waals surface area contributed by atoms with Crippen molar-refractivity contribution < 1.29 is 4.42 Å². The van der Waals surface area contributed by atoms with Gasteiger partial charge in [0.1, 0.15) is 5.76 Å². The van der Waals surface area contributed by atoms with Gasteiger partial charge in [-0.3, -0.25) is 9.80 Å². The van der Waals surface area contributed by atoms with Crippen molar-refractivity contribution in [3.8, 4) is 0 Å². The predicted octanol–water partition coefficient (Wildman–Crippen LogP) is 2.77. The third-order valence-electron chi connectivity index (χ3n) is 4.88. The summed E-state index contributed by atoms with van der Waals surface area (Å²) in [6, 6.07) is 6.12. The van der Waals surface area contributed by atoms with Crippen LogP contribution in [0.25, 0.3) is 0 Å². The molecule has 106 valence electrons. The van der Waals surface area contributed by atoms with Gasteiger partial charge in [-0.1, -0.05) is 6.42 Å². The van der Waals surface area contributed by atoms with Crippen LogP contribution < -0.4 is 0 Å². The molecule has 19 heavy (non-hydrogen) atoms. The Morgan fingerprint density at radius 1 is 1.37 bits per heavy atom. The molecule has 1 aromatic heterocycles. The van der Waals surface area contributed by atoms with E-state index in [1.165, 1.54) is 38.9 Å². The number of nitrogens with zero attached hydrogens (tertiary/aromatic N) is 2. The van der Waals surface area contributed by atoms with E-state index < -0.39 is 0 Å². The molecule has 1 aromatic rings. The van der Waals surface area contributed by atoms with Crippen LogP contribution in [0.2, 0.25) is 0 Å². The Kier molecular flexibility index (Phi) is 3.94. The van der Waals surface area contributed by atoms with E-state index in [0.29, 0.717) is 12.1 Å². The topological polar surface area (TPSA) is 19.6 Å². The minimum absolute atomic E-state index is 0.574. The molecular formula is C16H26N2O. The Balaban J connectivity index is 1.63. The first-order valence-electron chi connectivity index (χ1n) is 7.76. The maximum absolute atomic E-state index is 5.50. The number of hydrogen-bond donors (Lipinski definition) is 0. The molecule has 3 rings (SSSR count). The van der Waals surface area contributed by atoms with E-state index in [-0.39, 0.29) is 0 Å². The molecule has 0 bridgehead atoms. The fraction of sp³-hybridized carbons (Fsp3) is 0.750. The number of hydrogen-bond acceptors (Lipinski definition) is 3. The SMILES string of the molecule is CC(Cc1ccco1)N1CC2CCCCN2CC1C. The molecule has 2 aliphatic rings. The molecule has 0 spiro atoms. The Labute approximate surface area is 116 Å². The summed E-state index contributed by atoms with van der Waals surface area (Å²) >= 11 is 0. The van der Waals surface area contributed by atoms with Gasteiger partial charge in [0.2, 0.25) is 0 Å². The molecular weight excluding hydrogens is 236 g/mol. The maximum atomic E-state index is 5.50. The summed E-state index contributed by atoms with van der Waals surface area (Å²) in [5, 5.41) is 0. The zero-order valence-corrected chi connectivity index (χ0v) is 12.2. The lowest BCUT2D eigenvalue weighted by Gasteiger charge is -2.49. The largest absolute Gasteiger partial charge is 0.469 e. The third kappa shape index (κ3) is 2.87. The first-order valence-corrected chi connectivity index (χ1v) is 7.76. The lowest BCUT2D eigenvalue weighted by atomic mass is 9.95. The van der Waals surface area contributed by atoms with Crippen molar-refractivity contribution in [3.63, 3.8) is 0 Å². The molecule has 3 nitrogen and oxygen atoms in total. The van der Waals surface area contributed by atoms with Crippen LogP contribution in [-0.2, 0) is 6.42 Å². The number of rotatable bonds is 3. The molecule has 0 amide bonds. The average Bonchev–Trinajstić information content (AvgIpc) is 2.90. The molecule has 0 aromatic carbocycles. The van der Waals surface area contributed by atoms with Gasteiger partial charge in [0.15, 0.2) is 0 Å². The molecule has 0 aliphatic carbocycles. The van der Waals surface area contributed by atoms with Crippen molar-refractivity contribution in [1.82, 2.24) is 9.80 Å². The van der Waals surface area contributed by atoms with E-state index in [4.69, 9.17) is 4.42 Å². The highest BCUT2D eigenvalue weighted by Gasteiger charge is 2.34. The fourth-order valence-electron chi connectivity index (χ4n) is 3.83. The lowest BCUT2D eigenvalue weighted by Crippen LogP contribution is -2.60. The van der Waals surface area contributed by atoms with Gasteiger partial charge in [-0.25, -0.2) is 0 Å². The molecule has 0 radical (unpaired) electrons. The molecule has 3 unspecified atom stereocenters. The molecule has 3 heteroatoms. The van der Waals surface area contributed by atoms with Gasteiger partial charge in [-0.05, 0) is 45.4 Å². The second-order valence-electron chi connectivity index (χ2n) is 6.32. The molecule has 2 fully saturated rings. The minimum Gasteiger partial charge on any atom is -0.469 e. The van der Waals surface area contributed by atoms with Gasteiger partial charge in [0, 0.05) is 37.6 Å². The summed E-state index contributed by atoms with van der Waals surface area (Å²) in [6.45, 7) is 8.52. The highest BCUT2D eigenvalue weighted by atomic mass is 16.3. The van der Waals surface area contributed by atoms with Gasteiger partial charge in [0.25, 0.3) is 0 Å². The van der Waals surface area contributed by atoms with Gasteiger partial charge in [-0.2, -0.15) is 0 Å². The normalized spacial score (nSPS) is 31.1. The van der Waals surface area contributed by atoms with Crippen molar-refractivity contribution >= 4 is 0 Å². The molecule has 3 heterocycles. The van der Waals surface area contributed by atoms with Crippen molar-refractivity contribution in [1.29, 1.82) is 0 Å². The molecule has 2 saturated heterocycles. The fourth-order valence-corrected chi connectivity index (χ4v) is 3.83. The minimum atomic E-state index is 0.574. The lowest BCUT2D eigenvalue weighted by molar-refractivity contribution is -0.00473. The summed E-state index contributed by atoms with van der Waals surface area (Å²) < 4.78 is 5.50. The highest BCUT2D eigenvalue weighted by Crippen LogP contribution is 2.26. The first-order chi connectivity index (χ1) is 9.24. The molecule has 0 N–H and O–H groups in total. The van der Waals surface area contributed by atoms with Crippen LogP contribution in [0.4, 0.5) is 0 Å². The van der Waals surface area contributed by atoms with Crippen LogP contribution in [-0.4, -0.2) is 47.6 Å². The van der Waals surface area contributed by atoms with E-state index in [2.05, 4.69) is 29.7 Å². The van der Waals surface area contributed by atoms with Crippen molar-refractivity contribution in [2.75, 3.05) is 19.6 Å². The first kappa shape index (κ1) is 13.2. The Morgan fingerprint density at radius 2 is 2.26 bits per heavy atom. The summed E-state index contributed by atoms with van der Waals surface area (Å²) in [5.74, 6) is 1.12. The van der Waals surface area contributed by atoms with Crippen molar-refractivity contribution in [3.05, 3.63) is 24.2 Å². The number of piperazine rings is 1. The third-order valence-corrected chi connectivity index (χ3v) is 4.88. The molecule has 3 atom stereocenters. The Hall–Kier alpha value is -0.800. The number of furan rings is 1. The monoisotopic (exact) mass is 262 g/mol. The maximum Gasteiger partial charge on any atom is 0.105 e. The summed E-state index contributed by atoms with van der Waals surface area (Å²) in [7, 11) is 0.